The van der Waals surface area contributed by atoms with E-state index in [-0.39, 0.29) is 10.5 Å². The van der Waals surface area contributed by atoms with Crippen LogP contribution < -0.4 is 5.32 Å². The number of ether oxygens (including phenoxy) is 1. The Balaban J connectivity index is 1.71. The highest BCUT2D eigenvalue weighted by atomic mass is 32.2. The lowest BCUT2D eigenvalue weighted by atomic mass is 10.1. The molecule has 1 heterocycles. The van der Waals surface area contributed by atoms with E-state index in [1.165, 1.54) is 12.1 Å². The van der Waals surface area contributed by atoms with Gasteiger partial charge < -0.3 is 10.1 Å². The Kier molecular flexibility index (Phi) is 6.26. The highest BCUT2D eigenvalue weighted by molar-refractivity contribution is 7.90. The fraction of sp³-hybridized carbons (Fsp3) is 0.350. The summed E-state index contributed by atoms with van der Waals surface area (Å²) in [6, 6.07) is 14.2. The van der Waals surface area contributed by atoms with Crippen LogP contribution in [0.1, 0.15) is 21.5 Å². The van der Waals surface area contributed by atoms with E-state index >= 15 is 0 Å². The zero-order valence-corrected chi connectivity index (χ0v) is 16.2. The van der Waals surface area contributed by atoms with E-state index in [1.807, 2.05) is 18.2 Å². The molecule has 0 aliphatic carbocycles. The molecule has 6 nitrogen and oxygen atoms in total. The first-order valence-corrected chi connectivity index (χ1v) is 10.8. The number of carbonyl (C=O) groups excluding carboxylic acids is 1. The number of amides is 1. The van der Waals surface area contributed by atoms with Gasteiger partial charge in [-0.25, -0.2) is 8.42 Å². The summed E-state index contributed by atoms with van der Waals surface area (Å²) >= 11 is 0. The zero-order chi connectivity index (χ0) is 19.3. The number of nitrogens with one attached hydrogen (secondary N) is 1. The summed E-state index contributed by atoms with van der Waals surface area (Å²) in [5.41, 5.74) is 2.34. The van der Waals surface area contributed by atoms with E-state index in [1.54, 1.807) is 12.1 Å². The van der Waals surface area contributed by atoms with Crippen molar-refractivity contribution >= 4 is 15.7 Å². The highest BCUT2D eigenvalue weighted by Gasteiger charge is 2.18. The van der Waals surface area contributed by atoms with Gasteiger partial charge >= 0.3 is 0 Å². The second-order valence-electron chi connectivity index (χ2n) is 6.61. The van der Waals surface area contributed by atoms with E-state index in [0.717, 1.165) is 50.2 Å². The van der Waals surface area contributed by atoms with E-state index < -0.39 is 15.7 Å². The molecule has 3 rings (SSSR count). The first-order valence-electron chi connectivity index (χ1n) is 8.89. The van der Waals surface area contributed by atoms with Crippen LogP contribution in [0, 0.1) is 0 Å². The molecule has 0 bridgehead atoms. The quantitative estimate of drug-likeness (QED) is 0.817. The van der Waals surface area contributed by atoms with Crippen LogP contribution in [-0.2, 0) is 27.7 Å². The molecule has 1 fully saturated rings. The maximum absolute atomic E-state index is 12.6. The highest BCUT2D eigenvalue weighted by Crippen LogP contribution is 2.16. The molecule has 27 heavy (non-hydrogen) atoms. The van der Waals surface area contributed by atoms with E-state index in [4.69, 9.17) is 4.74 Å². The number of hydrogen-bond acceptors (Lipinski definition) is 5. The van der Waals surface area contributed by atoms with Crippen LogP contribution in [0.15, 0.2) is 53.4 Å². The molecular weight excluding hydrogens is 364 g/mol. The van der Waals surface area contributed by atoms with Crippen LogP contribution in [-0.4, -0.2) is 51.8 Å². The minimum absolute atomic E-state index is 0.0455. The molecule has 1 saturated heterocycles. The molecule has 0 saturated carbocycles. The molecule has 0 aromatic heterocycles. The lowest BCUT2D eigenvalue weighted by Crippen LogP contribution is -2.36. The molecule has 1 aliphatic rings. The average molecular weight is 388 g/mol. The first-order chi connectivity index (χ1) is 12.9. The van der Waals surface area contributed by atoms with Crippen molar-refractivity contribution in [1.82, 2.24) is 10.2 Å². The Labute approximate surface area is 160 Å². The monoisotopic (exact) mass is 388 g/mol. The molecule has 2 aromatic rings. The second kappa shape index (κ2) is 8.65. The number of sulfone groups is 1. The topological polar surface area (TPSA) is 75.7 Å². The molecule has 0 unspecified atom stereocenters. The van der Waals surface area contributed by atoms with Gasteiger partial charge in [0.2, 0.25) is 0 Å². The summed E-state index contributed by atoms with van der Waals surface area (Å²) in [5.74, 6) is -0.391. The van der Waals surface area contributed by atoms with Gasteiger partial charge in [-0.3, -0.25) is 9.69 Å². The summed E-state index contributed by atoms with van der Waals surface area (Å²) in [5, 5.41) is 2.86. The third-order valence-electron chi connectivity index (χ3n) is 4.59. The van der Waals surface area contributed by atoms with Crippen molar-refractivity contribution in [1.29, 1.82) is 0 Å². The fourth-order valence-electron chi connectivity index (χ4n) is 3.13. The number of rotatable bonds is 6. The SMILES string of the molecule is CS(=O)(=O)c1ccccc1C(=O)NCc1ccccc1CN1CCOCC1. The predicted molar refractivity (Wildman–Crippen MR) is 103 cm³/mol. The van der Waals surface area contributed by atoms with Gasteiger partial charge in [-0.1, -0.05) is 36.4 Å². The summed E-state index contributed by atoms with van der Waals surface area (Å²) in [6.45, 7) is 4.40. The van der Waals surface area contributed by atoms with Gasteiger partial charge in [-0.2, -0.15) is 0 Å². The molecule has 1 N–H and O–H groups in total. The fourth-order valence-corrected chi connectivity index (χ4v) is 4.02. The average Bonchev–Trinajstić information content (AvgIpc) is 2.67. The van der Waals surface area contributed by atoms with Crippen LogP contribution in [0.2, 0.25) is 0 Å². The maximum atomic E-state index is 12.6. The zero-order valence-electron chi connectivity index (χ0n) is 15.3. The Bertz CT molecular complexity index is 906. The first kappa shape index (κ1) is 19.5. The van der Waals surface area contributed by atoms with Gasteiger partial charge in [0.1, 0.15) is 0 Å². The van der Waals surface area contributed by atoms with Crippen molar-refractivity contribution in [2.24, 2.45) is 0 Å². The van der Waals surface area contributed by atoms with Crippen LogP contribution in [0.4, 0.5) is 0 Å². The van der Waals surface area contributed by atoms with Gasteiger partial charge in [-0.15, -0.1) is 0 Å². The standard InChI is InChI=1S/C20H24N2O4S/c1-27(24,25)19-9-5-4-8-18(19)20(23)21-14-16-6-2-3-7-17(16)15-22-10-12-26-13-11-22/h2-9H,10-15H2,1H3,(H,21,23). The van der Waals surface area contributed by atoms with Gasteiger partial charge in [0.15, 0.2) is 9.84 Å². The molecule has 0 spiro atoms. The van der Waals surface area contributed by atoms with E-state index in [0.29, 0.717) is 6.54 Å². The Morgan fingerprint density at radius 1 is 1.04 bits per heavy atom. The summed E-state index contributed by atoms with van der Waals surface area (Å²) in [7, 11) is -3.47. The van der Waals surface area contributed by atoms with Gasteiger partial charge in [0, 0.05) is 32.4 Å². The van der Waals surface area contributed by atoms with E-state index in [9.17, 15) is 13.2 Å². The minimum atomic E-state index is -3.47. The second-order valence-corrected chi connectivity index (χ2v) is 8.59. The van der Waals surface area contributed by atoms with E-state index in [2.05, 4.69) is 16.3 Å². The summed E-state index contributed by atoms with van der Waals surface area (Å²) < 4.78 is 29.2. The number of benzene rings is 2. The Morgan fingerprint density at radius 3 is 2.37 bits per heavy atom. The van der Waals surface area contributed by atoms with Crippen LogP contribution in [0.3, 0.4) is 0 Å². The Hall–Kier alpha value is -2.22. The van der Waals surface area contributed by atoms with Gasteiger partial charge in [0.05, 0.1) is 23.7 Å². The number of morpholine rings is 1. The van der Waals surface area contributed by atoms with Crippen LogP contribution in [0.5, 0.6) is 0 Å². The predicted octanol–water partition coefficient (Wildman–Crippen LogP) is 1.85. The van der Waals surface area contributed by atoms with Gasteiger partial charge in [-0.05, 0) is 23.3 Å². The number of carbonyl (C=O) groups is 1. The van der Waals surface area contributed by atoms with Crippen molar-refractivity contribution < 1.29 is 17.9 Å². The lowest BCUT2D eigenvalue weighted by molar-refractivity contribution is 0.0340. The van der Waals surface area contributed by atoms with Gasteiger partial charge in [0.25, 0.3) is 5.91 Å². The molecule has 7 heteroatoms. The number of hydrogen-bond donors (Lipinski definition) is 1. The van der Waals surface area contributed by atoms with Crippen molar-refractivity contribution in [3.05, 3.63) is 65.2 Å². The third kappa shape index (κ3) is 5.15. The van der Waals surface area contributed by atoms with Crippen LogP contribution >= 0.6 is 0 Å². The lowest BCUT2D eigenvalue weighted by Gasteiger charge is -2.27. The molecule has 0 atom stereocenters. The molecule has 0 radical (unpaired) electrons. The molecule has 1 aliphatic heterocycles. The Morgan fingerprint density at radius 2 is 1.67 bits per heavy atom. The molecule has 1 amide bonds. The largest absolute Gasteiger partial charge is 0.379 e. The summed E-state index contributed by atoms with van der Waals surface area (Å²) in [6.07, 6.45) is 1.11. The van der Waals surface area contributed by atoms with Crippen molar-refractivity contribution in [2.75, 3.05) is 32.6 Å². The summed E-state index contributed by atoms with van der Waals surface area (Å²) in [4.78, 5) is 15.0. The molecule has 144 valence electrons. The smallest absolute Gasteiger partial charge is 0.252 e. The minimum Gasteiger partial charge on any atom is -0.379 e. The van der Waals surface area contributed by atoms with Crippen molar-refractivity contribution in [3.63, 3.8) is 0 Å². The van der Waals surface area contributed by atoms with Crippen molar-refractivity contribution in [2.45, 2.75) is 18.0 Å². The van der Waals surface area contributed by atoms with Crippen LogP contribution in [0.25, 0.3) is 0 Å². The number of nitrogens with zero attached hydrogens (tertiary/aromatic N) is 1. The van der Waals surface area contributed by atoms with Crippen molar-refractivity contribution in [3.8, 4) is 0 Å². The third-order valence-corrected chi connectivity index (χ3v) is 5.74. The molecule has 2 aromatic carbocycles. The normalized spacial score (nSPS) is 15.4. The molecular formula is C20H24N2O4S. The maximum Gasteiger partial charge on any atom is 0.252 e.